The Bertz CT molecular complexity index is 524. The summed E-state index contributed by atoms with van der Waals surface area (Å²) in [5, 5.41) is 13.8. The highest BCUT2D eigenvalue weighted by molar-refractivity contribution is 9.10. The molecule has 0 saturated heterocycles. The standard InChI is InChI=1S/C8H8BrNO4S/c1-4-2-5(8(11)12)7(9)6(3-4)15(10,13)14/h2-3H,1H3,(H,11,12)(H2,10,13,14). The monoisotopic (exact) mass is 293 g/mol. The zero-order valence-electron chi connectivity index (χ0n) is 7.69. The largest absolute Gasteiger partial charge is 0.478 e. The third kappa shape index (κ3) is 2.55. The summed E-state index contributed by atoms with van der Waals surface area (Å²) in [5.41, 5.74) is 0.388. The van der Waals surface area contributed by atoms with E-state index in [2.05, 4.69) is 15.9 Å². The van der Waals surface area contributed by atoms with Crippen LogP contribution in [0, 0.1) is 6.92 Å². The molecule has 0 unspecified atom stereocenters. The van der Waals surface area contributed by atoms with Gasteiger partial charge in [0.25, 0.3) is 0 Å². The Morgan fingerprint density at radius 1 is 1.47 bits per heavy atom. The van der Waals surface area contributed by atoms with Gasteiger partial charge in [0, 0.05) is 0 Å². The van der Waals surface area contributed by atoms with Gasteiger partial charge >= 0.3 is 5.97 Å². The molecule has 1 rings (SSSR count). The van der Waals surface area contributed by atoms with Crippen molar-refractivity contribution in [1.29, 1.82) is 0 Å². The lowest BCUT2D eigenvalue weighted by Gasteiger charge is -2.06. The van der Waals surface area contributed by atoms with Gasteiger partial charge in [-0.25, -0.2) is 18.4 Å². The summed E-state index contributed by atoms with van der Waals surface area (Å²) in [7, 11) is -3.92. The molecule has 0 heterocycles. The van der Waals surface area contributed by atoms with Gasteiger partial charge in [-0.2, -0.15) is 0 Å². The quantitative estimate of drug-likeness (QED) is 0.853. The van der Waals surface area contributed by atoms with Crippen molar-refractivity contribution >= 4 is 31.9 Å². The fourth-order valence-corrected chi connectivity index (χ4v) is 2.88. The van der Waals surface area contributed by atoms with E-state index in [1.807, 2.05) is 0 Å². The first kappa shape index (κ1) is 12.2. The molecule has 0 spiro atoms. The number of aryl methyl sites for hydroxylation is 1. The molecule has 0 radical (unpaired) electrons. The van der Waals surface area contributed by atoms with E-state index in [9.17, 15) is 13.2 Å². The fraction of sp³-hybridized carbons (Fsp3) is 0.125. The van der Waals surface area contributed by atoms with Crippen molar-refractivity contribution in [3.8, 4) is 0 Å². The molecule has 7 heteroatoms. The third-order valence-electron chi connectivity index (χ3n) is 1.72. The zero-order valence-corrected chi connectivity index (χ0v) is 10.1. The summed E-state index contributed by atoms with van der Waals surface area (Å²) in [4.78, 5) is 10.6. The highest BCUT2D eigenvalue weighted by Crippen LogP contribution is 2.26. The van der Waals surface area contributed by atoms with Crippen LogP contribution in [0.15, 0.2) is 21.5 Å². The van der Waals surface area contributed by atoms with Gasteiger partial charge in [0.05, 0.1) is 14.9 Å². The molecule has 0 aliphatic rings. The van der Waals surface area contributed by atoms with Crippen molar-refractivity contribution in [2.45, 2.75) is 11.8 Å². The minimum Gasteiger partial charge on any atom is -0.478 e. The van der Waals surface area contributed by atoms with Crippen LogP contribution in [-0.2, 0) is 10.0 Å². The number of sulfonamides is 1. The molecule has 82 valence electrons. The van der Waals surface area contributed by atoms with Crippen LogP contribution in [0.25, 0.3) is 0 Å². The lowest BCUT2D eigenvalue weighted by atomic mass is 10.1. The first-order valence-corrected chi connectivity index (χ1v) is 6.13. The van der Waals surface area contributed by atoms with Crippen molar-refractivity contribution in [3.05, 3.63) is 27.7 Å². The van der Waals surface area contributed by atoms with E-state index >= 15 is 0 Å². The summed E-state index contributed by atoms with van der Waals surface area (Å²) < 4.78 is 22.2. The van der Waals surface area contributed by atoms with Crippen LogP contribution >= 0.6 is 15.9 Å². The van der Waals surface area contributed by atoms with Crippen molar-refractivity contribution in [2.75, 3.05) is 0 Å². The van der Waals surface area contributed by atoms with Gasteiger partial charge in [-0.05, 0) is 40.5 Å². The summed E-state index contributed by atoms with van der Waals surface area (Å²) in [6.07, 6.45) is 0. The number of halogens is 1. The molecule has 1 aromatic rings. The number of benzene rings is 1. The summed E-state index contributed by atoms with van der Waals surface area (Å²) in [6, 6.07) is 2.67. The van der Waals surface area contributed by atoms with E-state index < -0.39 is 16.0 Å². The second-order valence-electron chi connectivity index (χ2n) is 2.97. The lowest BCUT2D eigenvalue weighted by molar-refractivity contribution is 0.0695. The van der Waals surface area contributed by atoms with E-state index in [0.29, 0.717) is 5.56 Å². The SMILES string of the molecule is Cc1cc(C(=O)O)c(Br)c(S(N)(=O)=O)c1. The van der Waals surface area contributed by atoms with Crippen LogP contribution in [0.1, 0.15) is 15.9 Å². The molecule has 0 aromatic heterocycles. The highest BCUT2D eigenvalue weighted by atomic mass is 79.9. The van der Waals surface area contributed by atoms with Gasteiger partial charge in [0.2, 0.25) is 10.0 Å². The number of aromatic carboxylic acids is 1. The lowest BCUT2D eigenvalue weighted by Crippen LogP contribution is -2.14. The van der Waals surface area contributed by atoms with Gasteiger partial charge in [-0.3, -0.25) is 0 Å². The van der Waals surface area contributed by atoms with E-state index in [-0.39, 0.29) is 14.9 Å². The van der Waals surface area contributed by atoms with E-state index in [0.717, 1.165) is 0 Å². The van der Waals surface area contributed by atoms with E-state index in [4.69, 9.17) is 10.2 Å². The van der Waals surface area contributed by atoms with Gasteiger partial charge in [-0.1, -0.05) is 0 Å². The Morgan fingerprint density at radius 3 is 2.40 bits per heavy atom. The third-order valence-corrected chi connectivity index (χ3v) is 3.77. The molecule has 15 heavy (non-hydrogen) atoms. The number of nitrogens with two attached hydrogens (primary N) is 1. The highest BCUT2D eigenvalue weighted by Gasteiger charge is 2.19. The Kier molecular flexibility index (Phi) is 3.17. The number of rotatable bonds is 2. The van der Waals surface area contributed by atoms with Crippen LogP contribution in [0.5, 0.6) is 0 Å². The molecule has 1 aromatic carbocycles. The van der Waals surface area contributed by atoms with Crippen LogP contribution in [0.3, 0.4) is 0 Å². The predicted octanol–water partition coefficient (Wildman–Crippen LogP) is 1.10. The molecule has 0 fully saturated rings. The molecule has 0 saturated carbocycles. The zero-order chi connectivity index (χ0) is 11.8. The summed E-state index contributed by atoms with van der Waals surface area (Å²) in [5.74, 6) is -1.21. The first-order chi connectivity index (χ1) is 6.73. The normalized spacial score (nSPS) is 11.4. The first-order valence-electron chi connectivity index (χ1n) is 3.79. The van der Waals surface area contributed by atoms with Gasteiger partial charge in [0.15, 0.2) is 0 Å². The number of primary sulfonamides is 1. The van der Waals surface area contributed by atoms with Gasteiger partial charge in [-0.15, -0.1) is 0 Å². The van der Waals surface area contributed by atoms with Crippen LogP contribution in [0.2, 0.25) is 0 Å². The minimum absolute atomic E-state index is 0.0249. The maximum Gasteiger partial charge on any atom is 0.336 e. The number of carboxylic acid groups (broad SMARTS) is 1. The smallest absolute Gasteiger partial charge is 0.336 e. The molecule has 0 atom stereocenters. The topological polar surface area (TPSA) is 97.5 Å². The van der Waals surface area contributed by atoms with Crippen molar-refractivity contribution in [1.82, 2.24) is 0 Å². The Morgan fingerprint density at radius 2 is 2.00 bits per heavy atom. The number of hydrogen-bond donors (Lipinski definition) is 2. The van der Waals surface area contributed by atoms with Crippen molar-refractivity contribution in [3.63, 3.8) is 0 Å². The predicted molar refractivity (Wildman–Crippen MR) is 57.2 cm³/mol. The van der Waals surface area contributed by atoms with Gasteiger partial charge in [0.1, 0.15) is 0 Å². The Labute approximate surface area is 95.1 Å². The maximum atomic E-state index is 11.1. The van der Waals surface area contributed by atoms with Gasteiger partial charge < -0.3 is 5.11 Å². The molecule has 5 nitrogen and oxygen atoms in total. The number of carbonyl (C=O) groups is 1. The molecule has 0 amide bonds. The summed E-state index contributed by atoms with van der Waals surface area (Å²) in [6.45, 7) is 1.59. The number of carboxylic acids is 1. The molecule has 3 N–H and O–H groups in total. The maximum absolute atomic E-state index is 11.1. The van der Waals surface area contributed by atoms with Crippen LogP contribution < -0.4 is 5.14 Å². The Balaban J connectivity index is 3.63. The minimum atomic E-state index is -3.92. The average Bonchev–Trinajstić information content (AvgIpc) is 2.06. The molecular weight excluding hydrogens is 286 g/mol. The van der Waals surface area contributed by atoms with Crippen molar-refractivity contribution < 1.29 is 18.3 Å². The van der Waals surface area contributed by atoms with E-state index in [1.165, 1.54) is 12.1 Å². The van der Waals surface area contributed by atoms with Crippen LogP contribution in [-0.4, -0.2) is 19.5 Å². The summed E-state index contributed by atoms with van der Waals surface area (Å²) >= 11 is 2.91. The molecule has 0 aliphatic heterocycles. The fourth-order valence-electron chi connectivity index (χ4n) is 1.10. The second-order valence-corrected chi connectivity index (χ2v) is 5.30. The molecular formula is C8H8BrNO4S. The second kappa shape index (κ2) is 3.92. The molecule has 0 aliphatic carbocycles. The van der Waals surface area contributed by atoms with Crippen LogP contribution in [0.4, 0.5) is 0 Å². The van der Waals surface area contributed by atoms with E-state index in [1.54, 1.807) is 6.92 Å². The number of hydrogen-bond acceptors (Lipinski definition) is 3. The average molecular weight is 294 g/mol. The van der Waals surface area contributed by atoms with Crippen molar-refractivity contribution in [2.24, 2.45) is 5.14 Å². The molecule has 0 bridgehead atoms. The Hall–Kier alpha value is -0.920.